The molecular formula is C23H27N3O5S. The fraction of sp³-hybridized carbons (Fsp3) is 0.391. The maximum Gasteiger partial charge on any atom is 0.419 e. The fourth-order valence-corrected chi connectivity index (χ4v) is 5.62. The van der Waals surface area contributed by atoms with Crippen LogP contribution >= 0.6 is 0 Å². The third-order valence-electron chi connectivity index (χ3n) is 5.99. The monoisotopic (exact) mass is 457 g/mol. The highest BCUT2D eigenvalue weighted by Gasteiger charge is 2.28. The molecule has 2 aromatic carbocycles. The van der Waals surface area contributed by atoms with Gasteiger partial charge in [-0.3, -0.25) is 9.36 Å². The lowest BCUT2D eigenvalue weighted by molar-refractivity contribution is -0.118. The number of nitrogens with zero attached hydrogens (tertiary/aromatic N) is 3. The largest absolute Gasteiger partial charge is 0.419 e. The van der Waals surface area contributed by atoms with Crippen molar-refractivity contribution < 1.29 is 17.6 Å². The van der Waals surface area contributed by atoms with Crippen molar-refractivity contribution in [2.45, 2.75) is 44.6 Å². The molecular weight excluding hydrogens is 430 g/mol. The molecule has 0 saturated carbocycles. The molecule has 1 amide bonds. The maximum absolute atomic E-state index is 12.8. The number of hydrogen-bond donors (Lipinski definition) is 0. The molecule has 0 atom stereocenters. The molecule has 170 valence electrons. The smallest absolute Gasteiger partial charge is 0.408 e. The third-order valence-corrected chi connectivity index (χ3v) is 7.89. The third kappa shape index (κ3) is 4.10. The topological polar surface area (TPSA) is 92.8 Å². The number of rotatable bonds is 6. The number of benzene rings is 2. The highest BCUT2D eigenvalue weighted by Crippen LogP contribution is 2.25. The van der Waals surface area contributed by atoms with Crippen LogP contribution in [0.2, 0.25) is 0 Å². The first-order valence-corrected chi connectivity index (χ1v) is 12.1. The van der Waals surface area contributed by atoms with Gasteiger partial charge in [0.2, 0.25) is 15.9 Å². The quantitative estimate of drug-likeness (QED) is 0.567. The van der Waals surface area contributed by atoms with Crippen molar-refractivity contribution in [2.75, 3.05) is 25.0 Å². The van der Waals surface area contributed by atoms with E-state index in [1.54, 1.807) is 18.0 Å². The molecule has 2 heterocycles. The molecule has 0 radical (unpaired) electrons. The fourth-order valence-electron chi connectivity index (χ4n) is 4.09. The minimum Gasteiger partial charge on any atom is -0.408 e. The number of amides is 1. The lowest BCUT2D eigenvalue weighted by Crippen LogP contribution is -2.29. The first-order valence-electron chi connectivity index (χ1n) is 10.7. The van der Waals surface area contributed by atoms with Crippen molar-refractivity contribution in [1.29, 1.82) is 0 Å². The van der Waals surface area contributed by atoms with Gasteiger partial charge >= 0.3 is 5.76 Å². The van der Waals surface area contributed by atoms with Gasteiger partial charge in [-0.15, -0.1) is 0 Å². The Morgan fingerprint density at radius 2 is 1.81 bits per heavy atom. The molecule has 9 heteroatoms. The predicted octanol–water partition coefficient (Wildman–Crippen LogP) is 3.05. The van der Waals surface area contributed by atoms with E-state index in [1.807, 2.05) is 32.0 Å². The highest BCUT2D eigenvalue weighted by atomic mass is 32.2. The number of fused-ring (bicyclic) bond motifs is 1. The zero-order valence-electron chi connectivity index (χ0n) is 18.5. The molecule has 8 nitrogen and oxygen atoms in total. The minimum atomic E-state index is -3.61. The van der Waals surface area contributed by atoms with Crippen LogP contribution in [0.3, 0.4) is 0 Å². The van der Waals surface area contributed by atoms with Crippen LogP contribution in [0.25, 0.3) is 11.1 Å². The summed E-state index contributed by atoms with van der Waals surface area (Å²) < 4.78 is 33.7. The standard InChI is InChI=1S/C23H27N3O5S/c1-16-6-7-17(2)20(14-16)24(3)22(27)10-13-26-19-9-8-18(15-21(19)31-23(26)28)32(29,30)25-11-4-5-12-25/h6-9,14-15H,4-5,10-13H2,1-3H3. The van der Waals surface area contributed by atoms with Crippen LogP contribution < -0.4 is 10.7 Å². The van der Waals surface area contributed by atoms with Crippen LogP contribution in [0.4, 0.5) is 5.69 Å². The molecule has 0 spiro atoms. The summed E-state index contributed by atoms with van der Waals surface area (Å²) in [4.78, 5) is 26.9. The zero-order chi connectivity index (χ0) is 23.0. The van der Waals surface area contributed by atoms with Gasteiger partial charge in [-0.1, -0.05) is 12.1 Å². The van der Waals surface area contributed by atoms with E-state index in [1.165, 1.54) is 21.0 Å². The van der Waals surface area contributed by atoms with Gasteiger partial charge in [-0.05, 0) is 56.0 Å². The molecule has 1 aromatic heterocycles. The van der Waals surface area contributed by atoms with Gasteiger partial charge in [0.25, 0.3) is 0 Å². The molecule has 1 saturated heterocycles. The number of aryl methyl sites for hydroxylation is 3. The zero-order valence-corrected chi connectivity index (χ0v) is 19.3. The Labute approximate surface area is 187 Å². The van der Waals surface area contributed by atoms with Crippen LogP contribution in [-0.2, 0) is 21.4 Å². The first kappa shape index (κ1) is 22.3. The molecule has 32 heavy (non-hydrogen) atoms. The summed E-state index contributed by atoms with van der Waals surface area (Å²) in [5, 5.41) is 0. The normalized spacial score (nSPS) is 14.8. The van der Waals surface area contributed by atoms with Crippen molar-refractivity contribution in [1.82, 2.24) is 8.87 Å². The molecule has 1 fully saturated rings. The van der Waals surface area contributed by atoms with Crippen LogP contribution in [0.5, 0.6) is 0 Å². The Kier molecular flexibility index (Phi) is 5.96. The minimum absolute atomic E-state index is 0.103. The Morgan fingerprint density at radius 1 is 1.09 bits per heavy atom. The van der Waals surface area contributed by atoms with E-state index in [2.05, 4.69) is 0 Å². The molecule has 0 bridgehead atoms. The second-order valence-corrected chi connectivity index (χ2v) is 10.2. The molecule has 1 aliphatic heterocycles. The summed E-state index contributed by atoms with van der Waals surface area (Å²) in [7, 11) is -1.89. The summed E-state index contributed by atoms with van der Waals surface area (Å²) in [5.41, 5.74) is 3.55. The first-order chi connectivity index (χ1) is 15.2. The summed E-state index contributed by atoms with van der Waals surface area (Å²) in [5.74, 6) is -0.744. The summed E-state index contributed by atoms with van der Waals surface area (Å²) in [6, 6.07) is 10.4. The number of aromatic nitrogens is 1. The van der Waals surface area contributed by atoms with E-state index in [9.17, 15) is 18.0 Å². The van der Waals surface area contributed by atoms with Gasteiger partial charge in [-0.2, -0.15) is 4.31 Å². The van der Waals surface area contributed by atoms with Crippen molar-refractivity contribution in [3.05, 3.63) is 58.1 Å². The molecule has 4 rings (SSSR count). The lowest BCUT2D eigenvalue weighted by Gasteiger charge is -2.20. The van der Waals surface area contributed by atoms with Gasteiger partial charge in [-0.25, -0.2) is 13.2 Å². The predicted molar refractivity (Wildman–Crippen MR) is 122 cm³/mol. The van der Waals surface area contributed by atoms with E-state index in [0.29, 0.717) is 18.6 Å². The maximum atomic E-state index is 12.8. The number of sulfonamides is 1. The summed E-state index contributed by atoms with van der Waals surface area (Å²) >= 11 is 0. The van der Waals surface area contributed by atoms with E-state index < -0.39 is 15.8 Å². The summed E-state index contributed by atoms with van der Waals surface area (Å²) in [6.07, 6.45) is 1.79. The second kappa shape index (κ2) is 8.55. The van der Waals surface area contributed by atoms with Crippen LogP contribution in [-0.4, -0.2) is 43.3 Å². The van der Waals surface area contributed by atoms with Crippen LogP contribution in [0.1, 0.15) is 30.4 Å². The number of anilines is 1. The van der Waals surface area contributed by atoms with Gasteiger partial charge < -0.3 is 9.32 Å². The number of oxazole rings is 1. The van der Waals surface area contributed by atoms with E-state index in [-0.39, 0.29) is 29.4 Å². The number of carbonyl (C=O) groups excluding carboxylic acids is 1. The molecule has 3 aromatic rings. The number of carbonyl (C=O) groups is 1. The SMILES string of the molecule is Cc1ccc(C)c(N(C)C(=O)CCn2c(=O)oc3cc(S(=O)(=O)N4CCCC4)ccc32)c1. The molecule has 1 aliphatic rings. The van der Waals surface area contributed by atoms with Crippen LogP contribution in [0, 0.1) is 13.8 Å². The van der Waals surface area contributed by atoms with Crippen molar-refractivity contribution in [3.8, 4) is 0 Å². The number of hydrogen-bond acceptors (Lipinski definition) is 5. The summed E-state index contributed by atoms with van der Waals surface area (Å²) in [6.45, 7) is 5.05. The van der Waals surface area contributed by atoms with Gasteiger partial charge in [0.05, 0.1) is 10.4 Å². The van der Waals surface area contributed by atoms with Crippen molar-refractivity contribution in [2.24, 2.45) is 0 Å². The molecule has 0 aliphatic carbocycles. The Balaban J connectivity index is 1.55. The van der Waals surface area contributed by atoms with E-state index >= 15 is 0 Å². The van der Waals surface area contributed by atoms with Crippen molar-refractivity contribution >= 4 is 32.7 Å². The lowest BCUT2D eigenvalue weighted by atomic mass is 10.1. The second-order valence-electron chi connectivity index (χ2n) is 8.25. The molecule has 0 unspecified atom stereocenters. The Morgan fingerprint density at radius 3 is 2.53 bits per heavy atom. The van der Waals surface area contributed by atoms with Gasteiger partial charge in [0.15, 0.2) is 5.58 Å². The van der Waals surface area contributed by atoms with E-state index in [0.717, 1.165) is 29.7 Å². The Bertz CT molecular complexity index is 1330. The van der Waals surface area contributed by atoms with Gasteiger partial charge in [0, 0.05) is 44.9 Å². The Hall–Kier alpha value is -2.91. The average molecular weight is 458 g/mol. The van der Waals surface area contributed by atoms with Crippen LogP contribution in [0.15, 0.2) is 50.5 Å². The highest BCUT2D eigenvalue weighted by molar-refractivity contribution is 7.89. The van der Waals surface area contributed by atoms with Gasteiger partial charge in [0.1, 0.15) is 0 Å². The van der Waals surface area contributed by atoms with Crippen molar-refractivity contribution in [3.63, 3.8) is 0 Å². The average Bonchev–Trinajstić information content (AvgIpc) is 3.41. The molecule has 0 N–H and O–H groups in total. The van der Waals surface area contributed by atoms with E-state index in [4.69, 9.17) is 4.42 Å².